The molecule has 1 aliphatic heterocycles. The van der Waals surface area contributed by atoms with Crippen molar-refractivity contribution >= 4 is 23.4 Å². The maximum absolute atomic E-state index is 14.4. The Balaban J connectivity index is 1.85. The van der Waals surface area contributed by atoms with Crippen molar-refractivity contribution in [1.82, 2.24) is 0 Å². The van der Waals surface area contributed by atoms with E-state index in [-0.39, 0.29) is 19.0 Å². The minimum Gasteiger partial charge on any atom is -0.497 e. The van der Waals surface area contributed by atoms with E-state index in [0.29, 0.717) is 41.5 Å². The molecule has 0 spiro atoms. The van der Waals surface area contributed by atoms with Crippen LogP contribution in [0.2, 0.25) is 0 Å². The molecular weight excluding hydrogens is 498 g/mol. The smallest absolute Gasteiger partial charge is 0.336 e. The number of aliphatic imine (C=N–C) groups is 1. The van der Waals surface area contributed by atoms with Crippen molar-refractivity contribution in [1.29, 1.82) is 0 Å². The molecule has 0 aromatic heterocycles. The molecule has 2 aromatic carbocycles. The maximum atomic E-state index is 14.4. The molecule has 8 nitrogen and oxygen atoms in total. The van der Waals surface area contributed by atoms with Crippen LogP contribution in [-0.4, -0.2) is 50.4 Å². The van der Waals surface area contributed by atoms with Crippen molar-refractivity contribution in [3.63, 3.8) is 0 Å². The van der Waals surface area contributed by atoms with Gasteiger partial charge in [0.25, 0.3) is 0 Å². The molecule has 1 unspecified atom stereocenters. The minimum absolute atomic E-state index is 0.152. The van der Waals surface area contributed by atoms with Gasteiger partial charge in [-0.1, -0.05) is 24.3 Å². The number of hydrogen-bond acceptors (Lipinski definition) is 8. The van der Waals surface area contributed by atoms with E-state index in [1.807, 2.05) is 55.5 Å². The standard InChI is InChI=1S/C31H35NO7/c1-6-37-22-15-11-20(12-16-22)26-25(30(34)38-7-2)18(4)32-24-17-23(19-9-13-21(36-5)14-10-19)27(29(33)28(24)26)31(35)39-8-3/h9-16,23,26-28H,6-8,17H2,1-5H3/t23-,26-,27-,28?/m0/s1. The summed E-state index contributed by atoms with van der Waals surface area (Å²) in [6, 6.07) is 14.7. The molecule has 39 heavy (non-hydrogen) atoms. The van der Waals surface area contributed by atoms with Gasteiger partial charge in [0.2, 0.25) is 0 Å². The second-order valence-electron chi connectivity index (χ2n) is 9.50. The molecule has 0 amide bonds. The lowest BCUT2D eigenvalue weighted by Crippen LogP contribution is -2.48. The van der Waals surface area contributed by atoms with Crippen molar-refractivity contribution in [2.24, 2.45) is 16.8 Å². The van der Waals surface area contributed by atoms with Crippen LogP contribution < -0.4 is 9.47 Å². The number of benzene rings is 2. The fourth-order valence-corrected chi connectivity index (χ4v) is 5.62. The van der Waals surface area contributed by atoms with Crippen molar-refractivity contribution < 1.29 is 33.3 Å². The number of Topliss-reactive ketones (excluding diaryl/α,β-unsaturated/α-hetero) is 1. The first-order valence-corrected chi connectivity index (χ1v) is 13.4. The quantitative estimate of drug-likeness (QED) is 0.330. The molecule has 0 N–H and O–H groups in total. The van der Waals surface area contributed by atoms with Gasteiger partial charge in [0.1, 0.15) is 17.4 Å². The summed E-state index contributed by atoms with van der Waals surface area (Å²) in [5.41, 5.74) is 3.05. The lowest BCUT2D eigenvalue weighted by Gasteiger charge is -2.41. The molecule has 4 atom stereocenters. The van der Waals surface area contributed by atoms with E-state index < -0.39 is 35.6 Å². The van der Waals surface area contributed by atoms with E-state index in [9.17, 15) is 14.4 Å². The van der Waals surface area contributed by atoms with Gasteiger partial charge < -0.3 is 18.9 Å². The zero-order chi connectivity index (χ0) is 28.1. The summed E-state index contributed by atoms with van der Waals surface area (Å²) >= 11 is 0. The molecule has 0 bridgehead atoms. The molecule has 0 radical (unpaired) electrons. The van der Waals surface area contributed by atoms with Crippen LogP contribution in [0.5, 0.6) is 11.5 Å². The number of esters is 2. The van der Waals surface area contributed by atoms with Crippen LogP contribution in [0.1, 0.15) is 57.1 Å². The van der Waals surface area contributed by atoms with E-state index in [1.54, 1.807) is 27.9 Å². The van der Waals surface area contributed by atoms with Gasteiger partial charge in [-0.15, -0.1) is 0 Å². The summed E-state index contributed by atoms with van der Waals surface area (Å²) in [4.78, 5) is 45.7. The van der Waals surface area contributed by atoms with E-state index in [1.165, 1.54) is 0 Å². The first kappa shape index (κ1) is 28.1. The number of fused-ring (bicyclic) bond motifs is 1. The monoisotopic (exact) mass is 533 g/mol. The number of carbonyl (C=O) groups excluding carboxylic acids is 3. The molecule has 2 aromatic rings. The number of nitrogens with zero attached hydrogens (tertiary/aromatic N) is 1. The third kappa shape index (κ3) is 5.60. The Bertz CT molecular complexity index is 1280. The van der Waals surface area contributed by atoms with Crippen LogP contribution >= 0.6 is 0 Å². The zero-order valence-corrected chi connectivity index (χ0v) is 23.1. The molecule has 4 rings (SSSR count). The average Bonchev–Trinajstić information content (AvgIpc) is 2.93. The fourth-order valence-electron chi connectivity index (χ4n) is 5.62. The number of ether oxygens (including phenoxy) is 4. The fraction of sp³-hybridized carbons (Fsp3) is 0.419. The lowest BCUT2D eigenvalue weighted by atomic mass is 9.62. The Morgan fingerprint density at radius 3 is 2.05 bits per heavy atom. The van der Waals surface area contributed by atoms with Gasteiger partial charge in [0, 0.05) is 23.2 Å². The molecule has 2 aliphatic rings. The van der Waals surface area contributed by atoms with Crippen LogP contribution in [0.15, 0.2) is 64.8 Å². The maximum Gasteiger partial charge on any atom is 0.336 e. The van der Waals surface area contributed by atoms with Gasteiger partial charge >= 0.3 is 11.9 Å². The Hall–Kier alpha value is -3.94. The van der Waals surface area contributed by atoms with Crippen LogP contribution in [-0.2, 0) is 23.9 Å². The predicted molar refractivity (Wildman–Crippen MR) is 146 cm³/mol. The van der Waals surface area contributed by atoms with Gasteiger partial charge in [0.15, 0.2) is 5.78 Å². The Kier molecular flexibility index (Phi) is 8.84. The summed E-state index contributed by atoms with van der Waals surface area (Å²) in [5, 5.41) is 0. The topological polar surface area (TPSA) is 100 Å². The van der Waals surface area contributed by atoms with Crippen LogP contribution in [0.4, 0.5) is 0 Å². The number of methoxy groups -OCH3 is 1. The first-order chi connectivity index (χ1) is 18.8. The van der Waals surface area contributed by atoms with Gasteiger partial charge in [0.05, 0.1) is 38.4 Å². The van der Waals surface area contributed by atoms with Gasteiger partial charge in [-0.05, 0) is 69.5 Å². The number of allylic oxidation sites excluding steroid dienone is 1. The average molecular weight is 534 g/mol. The number of hydrogen-bond donors (Lipinski definition) is 0. The number of rotatable bonds is 9. The molecule has 1 aliphatic carbocycles. The van der Waals surface area contributed by atoms with E-state index in [0.717, 1.165) is 11.1 Å². The molecule has 206 valence electrons. The SMILES string of the molecule is CCOC(=O)C1=C(C)N=C2C[C@@H](c3ccc(OC)cc3)[C@H](C(=O)OCC)C(=O)C2[C@H]1c1ccc(OCC)cc1. The van der Waals surface area contributed by atoms with Crippen molar-refractivity contribution in [2.75, 3.05) is 26.9 Å². The van der Waals surface area contributed by atoms with Crippen LogP contribution in [0.25, 0.3) is 0 Å². The van der Waals surface area contributed by atoms with Gasteiger partial charge in [-0.25, -0.2) is 4.79 Å². The molecule has 0 saturated heterocycles. The molecule has 1 saturated carbocycles. The van der Waals surface area contributed by atoms with E-state index >= 15 is 0 Å². The highest BCUT2D eigenvalue weighted by atomic mass is 16.5. The number of carbonyl (C=O) groups is 3. The summed E-state index contributed by atoms with van der Waals surface area (Å²) in [5.74, 6) is -3.02. The van der Waals surface area contributed by atoms with Gasteiger partial charge in [-0.3, -0.25) is 14.6 Å². The zero-order valence-electron chi connectivity index (χ0n) is 23.1. The number of ketones is 1. The second-order valence-corrected chi connectivity index (χ2v) is 9.50. The first-order valence-electron chi connectivity index (χ1n) is 13.4. The van der Waals surface area contributed by atoms with Gasteiger partial charge in [-0.2, -0.15) is 0 Å². The van der Waals surface area contributed by atoms with Crippen LogP contribution in [0, 0.1) is 11.8 Å². The Morgan fingerprint density at radius 2 is 1.46 bits per heavy atom. The van der Waals surface area contributed by atoms with E-state index in [4.69, 9.17) is 23.9 Å². The summed E-state index contributed by atoms with van der Waals surface area (Å²) in [6.45, 7) is 7.97. The third-order valence-electron chi connectivity index (χ3n) is 7.28. The minimum atomic E-state index is -1.05. The summed E-state index contributed by atoms with van der Waals surface area (Å²) in [7, 11) is 1.58. The lowest BCUT2D eigenvalue weighted by molar-refractivity contribution is -0.153. The van der Waals surface area contributed by atoms with Crippen molar-refractivity contribution in [3.8, 4) is 11.5 Å². The molecule has 1 heterocycles. The summed E-state index contributed by atoms with van der Waals surface area (Å²) in [6.07, 6.45) is 0.368. The molecule has 8 heteroatoms. The molecular formula is C31H35NO7. The van der Waals surface area contributed by atoms with Crippen molar-refractivity contribution in [2.45, 2.75) is 46.0 Å². The second kappa shape index (κ2) is 12.3. The largest absolute Gasteiger partial charge is 0.497 e. The molecule has 1 fully saturated rings. The Morgan fingerprint density at radius 1 is 0.846 bits per heavy atom. The normalized spacial score (nSPS) is 22.5. The van der Waals surface area contributed by atoms with Crippen molar-refractivity contribution in [3.05, 3.63) is 70.9 Å². The third-order valence-corrected chi connectivity index (χ3v) is 7.28. The highest BCUT2D eigenvalue weighted by Crippen LogP contribution is 2.48. The van der Waals surface area contributed by atoms with Crippen LogP contribution in [0.3, 0.4) is 0 Å². The Labute approximate surface area is 229 Å². The van der Waals surface area contributed by atoms with E-state index in [2.05, 4.69) is 0 Å². The highest BCUT2D eigenvalue weighted by Gasteiger charge is 2.53. The predicted octanol–water partition coefficient (Wildman–Crippen LogP) is 5.02. The summed E-state index contributed by atoms with van der Waals surface area (Å²) < 4.78 is 21.7. The highest BCUT2D eigenvalue weighted by molar-refractivity contribution is 6.17.